The summed E-state index contributed by atoms with van der Waals surface area (Å²) in [6.07, 6.45) is 2.70. The van der Waals surface area contributed by atoms with Crippen LogP contribution in [-0.2, 0) is 0 Å². The van der Waals surface area contributed by atoms with Crippen molar-refractivity contribution < 1.29 is 4.39 Å². The summed E-state index contributed by atoms with van der Waals surface area (Å²) < 4.78 is 13.3. The predicted octanol–water partition coefficient (Wildman–Crippen LogP) is 3.19. The number of hydrogen-bond acceptors (Lipinski definition) is 1. The fourth-order valence-electron chi connectivity index (χ4n) is 1.66. The molecular formula is C13H18FN. The van der Waals surface area contributed by atoms with E-state index in [1.165, 1.54) is 12.8 Å². The molecule has 1 N–H and O–H groups in total. The van der Waals surface area contributed by atoms with Crippen molar-refractivity contribution in [1.82, 2.24) is 5.32 Å². The van der Waals surface area contributed by atoms with Crippen LogP contribution in [0.25, 0.3) is 0 Å². The van der Waals surface area contributed by atoms with Crippen LogP contribution in [-0.4, -0.2) is 6.54 Å². The van der Waals surface area contributed by atoms with Gasteiger partial charge in [-0.3, -0.25) is 0 Å². The van der Waals surface area contributed by atoms with E-state index < -0.39 is 0 Å². The normalized spacial score (nSPS) is 17.8. The largest absolute Gasteiger partial charge is 0.310 e. The molecule has 1 fully saturated rings. The molecule has 1 saturated carbocycles. The smallest absolute Gasteiger partial charge is 0.126 e. The van der Waals surface area contributed by atoms with Gasteiger partial charge in [0, 0.05) is 6.04 Å². The first kappa shape index (κ1) is 10.6. The van der Waals surface area contributed by atoms with Gasteiger partial charge in [-0.1, -0.05) is 12.1 Å². The highest BCUT2D eigenvalue weighted by Crippen LogP contribution is 2.28. The third-order valence-electron chi connectivity index (χ3n) is 3.11. The maximum atomic E-state index is 13.3. The van der Waals surface area contributed by atoms with Gasteiger partial charge in [0.15, 0.2) is 0 Å². The van der Waals surface area contributed by atoms with Crippen molar-refractivity contribution in [2.24, 2.45) is 5.92 Å². The van der Waals surface area contributed by atoms with Crippen molar-refractivity contribution in [2.45, 2.75) is 32.7 Å². The fourth-order valence-corrected chi connectivity index (χ4v) is 1.66. The van der Waals surface area contributed by atoms with E-state index >= 15 is 0 Å². The Balaban J connectivity index is 1.97. The van der Waals surface area contributed by atoms with Gasteiger partial charge >= 0.3 is 0 Å². The van der Waals surface area contributed by atoms with Crippen molar-refractivity contribution in [2.75, 3.05) is 6.54 Å². The molecule has 0 bridgehead atoms. The summed E-state index contributed by atoms with van der Waals surface area (Å²) in [5, 5.41) is 3.44. The first-order chi connectivity index (χ1) is 7.16. The fraction of sp³-hybridized carbons (Fsp3) is 0.538. The molecule has 0 amide bonds. The van der Waals surface area contributed by atoms with E-state index in [0.29, 0.717) is 5.56 Å². The van der Waals surface area contributed by atoms with Crippen LogP contribution in [0.5, 0.6) is 0 Å². The Morgan fingerprint density at radius 3 is 2.80 bits per heavy atom. The summed E-state index contributed by atoms with van der Waals surface area (Å²) in [5.74, 6) is 0.760. The Morgan fingerprint density at radius 2 is 2.20 bits per heavy atom. The monoisotopic (exact) mass is 207 g/mol. The quantitative estimate of drug-likeness (QED) is 0.799. The molecule has 0 heterocycles. The van der Waals surface area contributed by atoms with Crippen LogP contribution in [0.1, 0.15) is 36.9 Å². The summed E-state index contributed by atoms with van der Waals surface area (Å²) in [7, 11) is 0. The van der Waals surface area contributed by atoms with Crippen molar-refractivity contribution in [3.8, 4) is 0 Å². The number of nitrogens with one attached hydrogen (secondary N) is 1. The predicted molar refractivity (Wildman–Crippen MR) is 60.3 cm³/mol. The third-order valence-corrected chi connectivity index (χ3v) is 3.11. The molecule has 1 aliphatic rings. The van der Waals surface area contributed by atoms with Gasteiger partial charge in [0.05, 0.1) is 0 Å². The number of aryl methyl sites for hydroxylation is 1. The topological polar surface area (TPSA) is 12.0 Å². The van der Waals surface area contributed by atoms with Crippen LogP contribution in [0, 0.1) is 18.7 Å². The van der Waals surface area contributed by atoms with E-state index in [1.807, 2.05) is 12.1 Å². The van der Waals surface area contributed by atoms with Crippen molar-refractivity contribution in [3.63, 3.8) is 0 Å². The minimum atomic E-state index is -0.104. The first-order valence-electron chi connectivity index (χ1n) is 5.66. The molecule has 1 aromatic rings. The van der Waals surface area contributed by atoms with Gasteiger partial charge in [0.25, 0.3) is 0 Å². The zero-order valence-corrected chi connectivity index (χ0v) is 9.39. The Hall–Kier alpha value is -0.890. The van der Waals surface area contributed by atoms with E-state index in [4.69, 9.17) is 0 Å². The molecule has 1 aromatic carbocycles. The number of halogens is 1. The number of rotatable bonds is 4. The summed E-state index contributed by atoms with van der Waals surface area (Å²) in [4.78, 5) is 0. The maximum Gasteiger partial charge on any atom is 0.126 e. The van der Waals surface area contributed by atoms with Gasteiger partial charge in [0.2, 0.25) is 0 Å². The molecule has 0 saturated heterocycles. The van der Waals surface area contributed by atoms with Crippen LogP contribution in [0.15, 0.2) is 18.2 Å². The highest BCUT2D eigenvalue weighted by atomic mass is 19.1. The van der Waals surface area contributed by atoms with Gasteiger partial charge in [-0.05, 0) is 56.3 Å². The van der Waals surface area contributed by atoms with E-state index in [9.17, 15) is 4.39 Å². The minimum absolute atomic E-state index is 0.104. The van der Waals surface area contributed by atoms with Gasteiger partial charge in [-0.2, -0.15) is 0 Å². The Labute approximate surface area is 90.7 Å². The molecule has 0 spiro atoms. The van der Waals surface area contributed by atoms with Gasteiger partial charge < -0.3 is 5.32 Å². The average molecular weight is 207 g/mol. The molecule has 82 valence electrons. The Kier molecular flexibility index (Phi) is 3.06. The second-order valence-electron chi connectivity index (χ2n) is 4.58. The summed E-state index contributed by atoms with van der Waals surface area (Å²) in [5.41, 5.74) is 1.76. The molecule has 2 heteroatoms. The molecule has 1 aliphatic carbocycles. The molecule has 1 atom stereocenters. The van der Waals surface area contributed by atoms with Crippen molar-refractivity contribution in [1.29, 1.82) is 0 Å². The standard InChI is InChI=1S/C13H18FN/c1-9-3-6-12(7-13(9)14)10(2)15-8-11-4-5-11/h3,6-7,10-11,15H,4-5,8H2,1-2H3. The lowest BCUT2D eigenvalue weighted by Gasteiger charge is -2.14. The molecule has 15 heavy (non-hydrogen) atoms. The molecule has 0 aliphatic heterocycles. The zero-order valence-electron chi connectivity index (χ0n) is 9.39. The molecular weight excluding hydrogens is 189 g/mol. The molecule has 2 rings (SSSR count). The van der Waals surface area contributed by atoms with Gasteiger partial charge in [0.1, 0.15) is 5.82 Å². The van der Waals surface area contributed by atoms with Crippen LogP contribution >= 0.6 is 0 Å². The highest BCUT2D eigenvalue weighted by Gasteiger charge is 2.21. The van der Waals surface area contributed by atoms with Crippen LogP contribution in [0.3, 0.4) is 0 Å². The highest BCUT2D eigenvalue weighted by molar-refractivity contribution is 5.25. The SMILES string of the molecule is Cc1ccc(C(C)NCC2CC2)cc1F. The lowest BCUT2D eigenvalue weighted by molar-refractivity contribution is 0.542. The van der Waals surface area contributed by atoms with Crippen LogP contribution < -0.4 is 5.32 Å². The zero-order chi connectivity index (χ0) is 10.8. The summed E-state index contributed by atoms with van der Waals surface area (Å²) in [6, 6.07) is 5.74. The van der Waals surface area contributed by atoms with Crippen molar-refractivity contribution in [3.05, 3.63) is 35.1 Å². The number of hydrogen-bond donors (Lipinski definition) is 1. The summed E-state index contributed by atoms with van der Waals surface area (Å²) in [6.45, 7) is 4.95. The molecule has 1 unspecified atom stereocenters. The second-order valence-corrected chi connectivity index (χ2v) is 4.58. The third kappa shape index (κ3) is 2.78. The first-order valence-corrected chi connectivity index (χ1v) is 5.66. The van der Waals surface area contributed by atoms with E-state index in [0.717, 1.165) is 18.0 Å². The average Bonchev–Trinajstić information content (AvgIpc) is 3.02. The Bertz CT molecular complexity index is 344. The van der Waals surface area contributed by atoms with E-state index in [1.54, 1.807) is 13.0 Å². The van der Waals surface area contributed by atoms with Crippen LogP contribution in [0.2, 0.25) is 0 Å². The van der Waals surface area contributed by atoms with Gasteiger partial charge in [-0.25, -0.2) is 4.39 Å². The second kappa shape index (κ2) is 4.31. The maximum absolute atomic E-state index is 13.3. The minimum Gasteiger partial charge on any atom is -0.310 e. The lowest BCUT2D eigenvalue weighted by Crippen LogP contribution is -2.21. The summed E-state index contributed by atoms with van der Waals surface area (Å²) >= 11 is 0. The lowest BCUT2D eigenvalue weighted by atomic mass is 10.1. The van der Waals surface area contributed by atoms with Gasteiger partial charge in [-0.15, -0.1) is 0 Å². The molecule has 0 radical (unpaired) electrons. The Morgan fingerprint density at radius 1 is 1.47 bits per heavy atom. The van der Waals surface area contributed by atoms with E-state index in [2.05, 4.69) is 12.2 Å². The molecule has 0 aromatic heterocycles. The van der Waals surface area contributed by atoms with Crippen LogP contribution in [0.4, 0.5) is 4.39 Å². The van der Waals surface area contributed by atoms with E-state index in [-0.39, 0.29) is 11.9 Å². The molecule has 1 nitrogen and oxygen atoms in total. The number of benzene rings is 1. The van der Waals surface area contributed by atoms with Crippen molar-refractivity contribution >= 4 is 0 Å².